The second kappa shape index (κ2) is 7.39. The molecule has 0 saturated heterocycles. The van der Waals surface area contributed by atoms with Gasteiger partial charge in [0.2, 0.25) is 5.91 Å². The van der Waals surface area contributed by atoms with E-state index >= 15 is 0 Å². The molecule has 2 heterocycles. The maximum Gasteiger partial charge on any atom is 0.411 e. The summed E-state index contributed by atoms with van der Waals surface area (Å²) in [6.07, 6.45) is 1.17. The lowest BCUT2D eigenvalue weighted by molar-refractivity contribution is -0.121. The number of aromatic nitrogens is 1. The van der Waals surface area contributed by atoms with Crippen molar-refractivity contribution in [2.24, 2.45) is 0 Å². The van der Waals surface area contributed by atoms with Gasteiger partial charge in [-0.05, 0) is 49.7 Å². The molecule has 3 aromatic rings. The maximum absolute atomic E-state index is 13.0. The molecule has 4 rings (SSSR count). The first-order valence-electron chi connectivity index (χ1n) is 9.34. The standard InChI is InChI=1S/C23H21N3O3/c1-23(2)19-9-6-14-24-20(19)26(21(23)27)18-12-10-16(11-13-18)15-29-22(28)25-17-7-4-3-5-8-17/h3-14H,15H2,1-2H3,(H,25,28). The van der Waals surface area contributed by atoms with Crippen LogP contribution >= 0.6 is 0 Å². The van der Waals surface area contributed by atoms with Gasteiger partial charge in [-0.1, -0.05) is 36.4 Å². The molecule has 1 N–H and O–H groups in total. The van der Waals surface area contributed by atoms with E-state index in [0.717, 1.165) is 16.8 Å². The quantitative estimate of drug-likeness (QED) is 0.699. The van der Waals surface area contributed by atoms with Crippen molar-refractivity contribution in [2.45, 2.75) is 25.9 Å². The Labute approximate surface area is 169 Å². The number of hydrogen-bond acceptors (Lipinski definition) is 4. The lowest BCUT2D eigenvalue weighted by Crippen LogP contribution is -2.33. The number of pyridine rings is 1. The molecule has 0 bridgehead atoms. The molecule has 0 unspecified atom stereocenters. The summed E-state index contributed by atoms with van der Waals surface area (Å²) in [5, 5.41) is 2.67. The molecule has 0 saturated carbocycles. The van der Waals surface area contributed by atoms with E-state index in [2.05, 4.69) is 10.3 Å². The number of nitrogens with zero attached hydrogens (tertiary/aromatic N) is 2. The van der Waals surface area contributed by atoms with Crippen molar-refractivity contribution in [1.29, 1.82) is 0 Å². The Morgan fingerprint density at radius 2 is 1.76 bits per heavy atom. The fourth-order valence-electron chi connectivity index (χ4n) is 3.36. The first-order valence-corrected chi connectivity index (χ1v) is 9.34. The van der Waals surface area contributed by atoms with Crippen LogP contribution < -0.4 is 10.2 Å². The second-order valence-corrected chi connectivity index (χ2v) is 7.37. The average Bonchev–Trinajstić information content (AvgIpc) is 2.94. The summed E-state index contributed by atoms with van der Waals surface area (Å²) < 4.78 is 5.26. The summed E-state index contributed by atoms with van der Waals surface area (Å²) in [4.78, 5) is 30.9. The Balaban J connectivity index is 1.45. The summed E-state index contributed by atoms with van der Waals surface area (Å²) in [5.41, 5.74) is 2.52. The predicted molar refractivity (Wildman–Crippen MR) is 111 cm³/mol. The normalized spacial score (nSPS) is 14.4. The number of carbonyl (C=O) groups excluding carboxylic acids is 2. The van der Waals surface area contributed by atoms with Crippen molar-refractivity contribution in [3.05, 3.63) is 84.1 Å². The predicted octanol–water partition coefficient (Wildman–Crippen LogP) is 4.79. The average molecular weight is 387 g/mol. The Bertz CT molecular complexity index is 1050. The van der Waals surface area contributed by atoms with E-state index in [9.17, 15) is 9.59 Å². The molecule has 0 atom stereocenters. The third-order valence-electron chi connectivity index (χ3n) is 4.99. The monoisotopic (exact) mass is 387 g/mol. The highest BCUT2D eigenvalue weighted by atomic mass is 16.5. The topological polar surface area (TPSA) is 71.5 Å². The Kier molecular flexibility index (Phi) is 4.76. The lowest BCUT2D eigenvalue weighted by Gasteiger charge is -2.20. The molecule has 1 aliphatic rings. The summed E-state index contributed by atoms with van der Waals surface area (Å²) in [6, 6.07) is 20.3. The van der Waals surface area contributed by atoms with Crippen LogP contribution in [0.4, 0.5) is 22.0 Å². The molecule has 146 valence electrons. The molecule has 0 spiro atoms. The number of amides is 2. The zero-order valence-electron chi connectivity index (χ0n) is 16.3. The third kappa shape index (κ3) is 3.57. The van der Waals surface area contributed by atoms with Crippen molar-refractivity contribution >= 4 is 29.2 Å². The van der Waals surface area contributed by atoms with Crippen molar-refractivity contribution < 1.29 is 14.3 Å². The van der Waals surface area contributed by atoms with E-state index in [0.29, 0.717) is 11.5 Å². The fraction of sp³-hybridized carbons (Fsp3) is 0.174. The fourth-order valence-corrected chi connectivity index (χ4v) is 3.36. The van der Waals surface area contributed by atoms with Crippen molar-refractivity contribution in [3.8, 4) is 0 Å². The summed E-state index contributed by atoms with van der Waals surface area (Å²) in [7, 11) is 0. The van der Waals surface area contributed by atoms with Crippen LogP contribution in [0.5, 0.6) is 0 Å². The number of anilines is 3. The minimum Gasteiger partial charge on any atom is -0.444 e. The molecule has 2 aromatic carbocycles. The molecule has 0 fully saturated rings. The van der Waals surface area contributed by atoms with Crippen molar-refractivity contribution in [3.63, 3.8) is 0 Å². The van der Waals surface area contributed by atoms with Gasteiger partial charge in [0.1, 0.15) is 12.4 Å². The molecule has 1 aromatic heterocycles. The lowest BCUT2D eigenvalue weighted by atomic mass is 9.87. The van der Waals surface area contributed by atoms with Crippen molar-refractivity contribution in [2.75, 3.05) is 10.2 Å². The molecule has 2 amide bonds. The van der Waals surface area contributed by atoms with Crippen LogP contribution in [0.2, 0.25) is 0 Å². The SMILES string of the molecule is CC1(C)C(=O)N(c2ccc(COC(=O)Nc3ccccc3)cc2)c2ncccc21. The van der Waals surface area contributed by atoms with Crippen LogP contribution in [0.25, 0.3) is 0 Å². The van der Waals surface area contributed by atoms with Gasteiger partial charge in [-0.25, -0.2) is 9.78 Å². The van der Waals surface area contributed by atoms with Gasteiger partial charge in [-0.15, -0.1) is 0 Å². The molecule has 0 radical (unpaired) electrons. The van der Waals surface area contributed by atoms with Gasteiger partial charge in [0, 0.05) is 17.4 Å². The molecule has 6 heteroatoms. The van der Waals surface area contributed by atoms with Gasteiger partial charge in [-0.2, -0.15) is 0 Å². The van der Waals surface area contributed by atoms with Crippen LogP contribution in [0.15, 0.2) is 72.9 Å². The van der Waals surface area contributed by atoms with E-state index in [4.69, 9.17) is 4.74 Å². The first kappa shape index (κ1) is 18.7. The van der Waals surface area contributed by atoms with Gasteiger partial charge in [0.25, 0.3) is 0 Å². The number of rotatable bonds is 4. The summed E-state index contributed by atoms with van der Waals surface area (Å²) in [6.45, 7) is 3.94. The Hall–Kier alpha value is -3.67. The van der Waals surface area contributed by atoms with Crippen molar-refractivity contribution in [1.82, 2.24) is 4.98 Å². The minimum absolute atomic E-state index is 0.0163. The number of hydrogen-bond donors (Lipinski definition) is 1. The van der Waals surface area contributed by atoms with E-state index in [1.165, 1.54) is 0 Å². The van der Waals surface area contributed by atoms with E-state index in [1.54, 1.807) is 23.2 Å². The Morgan fingerprint density at radius 3 is 2.48 bits per heavy atom. The number of para-hydroxylation sites is 1. The molecular weight excluding hydrogens is 366 g/mol. The Morgan fingerprint density at radius 1 is 1.03 bits per heavy atom. The highest BCUT2D eigenvalue weighted by Gasteiger charge is 2.45. The number of ether oxygens (including phenoxy) is 1. The number of carbonyl (C=O) groups is 2. The van der Waals surface area contributed by atoms with Gasteiger partial charge in [-0.3, -0.25) is 15.0 Å². The minimum atomic E-state index is -0.624. The molecule has 1 aliphatic heterocycles. The van der Waals surface area contributed by atoms with Gasteiger partial charge in [0.15, 0.2) is 0 Å². The van der Waals surface area contributed by atoms with Crippen LogP contribution in [0.3, 0.4) is 0 Å². The van der Waals surface area contributed by atoms with Crippen LogP contribution in [-0.4, -0.2) is 17.0 Å². The summed E-state index contributed by atoms with van der Waals surface area (Å²) in [5.74, 6) is 0.645. The van der Waals surface area contributed by atoms with Gasteiger partial charge >= 0.3 is 6.09 Å². The maximum atomic E-state index is 13.0. The van der Waals surface area contributed by atoms with E-state index in [-0.39, 0.29) is 12.5 Å². The zero-order chi connectivity index (χ0) is 20.4. The van der Waals surface area contributed by atoms with Crippen LogP contribution in [0.1, 0.15) is 25.0 Å². The molecule has 0 aliphatic carbocycles. The van der Waals surface area contributed by atoms with E-state index < -0.39 is 11.5 Å². The zero-order valence-corrected chi connectivity index (χ0v) is 16.3. The van der Waals surface area contributed by atoms with Gasteiger partial charge < -0.3 is 4.74 Å². The third-order valence-corrected chi connectivity index (χ3v) is 4.99. The highest BCUT2D eigenvalue weighted by Crippen LogP contribution is 2.43. The highest BCUT2D eigenvalue weighted by molar-refractivity contribution is 6.11. The molecule has 29 heavy (non-hydrogen) atoms. The van der Waals surface area contributed by atoms with E-state index in [1.807, 2.05) is 68.4 Å². The second-order valence-electron chi connectivity index (χ2n) is 7.37. The number of benzene rings is 2. The summed E-state index contributed by atoms with van der Waals surface area (Å²) >= 11 is 0. The smallest absolute Gasteiger partial charge is 0.411 e. The van der Waals surface area contributed by atoms with Crippen LogP contribution in [-0.2, 0) is 21.6 Å². The first-order chi connectivity index (χ1) is 14.0. The molecule has 6 nitrogen and oxygen atoms in total. The van der Waals surface area contributed by atoms with Crippen LogP contribution in [0, 0.1) is 0 Å². The largest absolute Gasteiger partial charge is 0.444 e. The number of fused-ring (bicyclic) bond motifs is 1. The van der Waals surface area contributed by atoms with Gasteiger partial charge in [0.05, 0.1) is 11.1 Å². The number of nitrogens with one attached hydrogen (secondary N) is 1. The molecular formula is C23H21N3O3.